The third kappa shape index (κ3) is 4.90. The molecule has 0 aliphatic heterocycles. The van der Waals surface area contributed by atoms with Crippen molar-refractivity contribution < 1.29 is 31.1 Å². The van der Waals surface area contributed by atoms with Crippen molar-refractivity contribution in [3.63, 3.8) is 0 Å². The van der Waals surface area contributed by atoms with Gasteiger partial charge in [-0.15, -0.1) is 10.2 Å². The number of anilines is 1. The number of ether oxygens (including phenoxy) is 1. The van der Waals surface area contributed by atoms with Crippen molar-refractivity contribution in [3.05, 3.63) is 83.9 Å². The molecule has 0 spiro atoms. The van der Waals surface area contributed by atoms with Gasteiger partial charge in [-0.05, 0) is 54.6 Å². The van der Waals surface area contributed by atoms with Crippen LogP contribution in [0.15, 0.2) is 71.1 Å². The average molecular weight is 618 g/mol. The summed E-state index contributed by atoms with van der Waals surface area (Å²) in [5, 5.41) is 11.9. The summed E-state index contributed by atoms with van der Waals surface area (Å²) >= 11 is 0. The topological polar surface area (TPSA) is 130 Å². The van der Waals surface area contributed by atoms with Gasteiger partial charge in [0, 0.05) is 47.6 Å². The Morgan fingerprint density at radius 3 is 2.41 bits per heavy atom. The Labute approximate surface area is 250 Å². The second kappa shape index (κ2) is 10.8. The number of furan rings is 1. The number of halogens is 2. The van der Waals surface area contributed by atoms with E-state index in [4.69, 9.17) is 9.15 Å². The molecular formula is C31H25F2N5O5S. The van der Waals surface area contributed by atoms with Crippen LogP contribution in [0, 0.1) is 11.6 Å². The summed E-state index contributed by atoms with van der Waals surface area (Å²) in [4.78, 5) is 16.3. The predicted molar refractivity (Wildman–Crippen MR) is 163 cm³/mol. The van der Waals surface area contributed by atoms with E-state index in [2.05, 4.69) is 20.5 Å². The van der Waals surface area contributed by atoms with E-state index in [1.807, 2.05) is 0 Å². The first kappa shape index (κ1) is 28.8. The number of nitrogens with zero attached hydrogens (tertiary/aromatic N) is 3. The van der Waals surface area contributed by atoms with Gasteiger partial charge in [0.2, 0.25) is 15.9 Å². The molecular weight excluding hydrogens is 592 g/mol. The number of fused-ring (bicyclic) bond motifs is 2. The van der Waals surface area contributed by atoms with E-state index in [-0.39, 0.29) is 34.2 Å². The number of hydrogen-bond acceptors (Lipinski definition) is 7. The number of sulfonamides is 1. The van der Waals surface area contributed by atoms with E-state index >= 15 is 0 Å². The fourth-order valence-corrected chi connectivity index (χ4v) is 5.56. The molecule has 1 amide bonds. The third-order valence-electron chi connectivity index (χ3n) is 7.33. The Balaban J connectivity index is 1.64. The molecule has 0 saturated carbocycles. The van der Waals surface area contributed by atoms with E-state index in [0.717, 1.165) is 10.6 Å². The summed E-state index contributed by atoms with van der Waals surface area (Å²) in [7, 11) is 0.478. The second-order valence-electron chi connectivity index (χ2n) is 10.0. The summed E-state index contributed by atoms with van der Waals surface area (Å²) in [5.74, 6) is -1.02. The van der Waals surface area contributed by atoms with Crippen molar-refractivity contribution in [3.8, 4) is 39.7 Å². The zero-order valence-corrected chi connectivity index (χ0v) is 24.7. The zero-order valence-electron chi connectivity index (χ0n) is 23.9. The maximum atomic E-state index is 14.5. The quantitative estimate of drug-likeness (QED) is 0.233. The van der Waals surface area contributed by atoms with Gasteiger partial charge in [0.1, 0.15) is 23.0 Å². The van der Waals surface area contributed by atoms with Gasteiger partial charge >= 0.3 is 0 Å². The fourth-order valence-electron chi connectivity index (χ4n) is 5.05. The largest absolute Gasteiger partial charge is 0.479 e. The number of rotatable bonds is 7. The number of aromatic nitrogens is 3. The summed E-state index contributed by atoms with van der Waals surface area (Å²) in [6.45, 7) is 0. The van der Waals surface area contributed by atoms with Crippen molar-refractivity contribution in [2.24, 2.45) is 0 Å². The van der Waals surface area contributed by atoms with Gasteiger partial charge in [0.05, 0.1) is 41.6 Å². The summed E-state index contributed by atoms with van der Waals surface area (Å²) < 4.78 is 66.4. The molecule has 0 bridgehead atoms. The number of nitrogens with one attached hydrogen (secondary N) is 2. The first-order valence-corrected chi connectivity index (χ1v) is 15.1. The third-order valence-corrected chi connectivity index (χ3v) is 8.53. The van der Waals surface area contributed by atoms with Gasteiger partial charge in [-0.1, -0.05) is 6.07 Å². The maximum Gasteiger partial charge on any atom is 0.255 e. The lowest BCUT2D eigenvalue weighted by atomic mass is 10.00. The van der Waals surface area contributed by atoms with Crippen molar-refractivity contribution in [1.82, 2.24) is 20.5 Å². The first-order valence-electron chi connectivity index (χ1n) is 13.2. The van der Waals surface area contributed by atoms with E-state index in [0.29, 0.717) is 38.7 Å². The van der Waals surface area contributed by atoms with E-state index in [1.54, 1.807) is 30.3 Å². The minimum Gasteiger partial charge on any atom is -0.479 e. The van der Waals surface area contributed by atoms with Gasteiger partial charge in [-0.3, -0.25) is 9.10 Å². The van der Waals surface area contributed by atoms with Crippen LogP contribution in [-0.4, -0.2) is 57.0 Å². The molecule has 2 N–H and O–H groups in total. The molecule has 3 aromatic heterocycles. The maximum absolute atomic E-state index is 14.5. The van der Waals surface area contributed by atoms with E-state index in [9.17, 15) is 22.0 Å². The van der Waals surface area contributed by atoms with Crippen molar-refractivity contribution in [2.75, 3.05) is 31.8 Å². The Kier molecular flexibility index (Phi) is 7.04. The van der Waals surface area contributed by atoms with Crippen molar-refractivity contribution in [2.45, 2.75) is 0 Å². The molecule has 0 aliphatic carbocycles. The lowest BCUT2D eigenvalue weighted by Crippen LogP contribution is -2.25. The molecule has 3 aromatic carbocycles. The van der Waals surface area contributed by atoms with Crippen LogP contribution < -0.4 is 14.4 Å². The summed E-state index contributed by atoms with van der Waals surface area (Å²) in [5.41, 5.74) is 3.04. The van der Waals surface area contributed by atoms with Gasteiger partial charge in [-0.25, -0.2) is 17.2 Å². The van der Waals surface area contributed by atoms with Crippen LogP contribution in [0.25, 0.3) is 55.7 Å². The Bertz CT molecular complexity index is 2190. The average Bonchev–Trinajstić information content (AvgIpc) is 3.62. The highest BCUT2D eigenvalue weighted by Crippen LogP contribution is 2.42. The molecule has 10 nitrogen and oxygen atoms in total. The fraction of sp³-hybridized carbons (Fsp3) is 0.129. The van der Waals surface area contributed by atoms with Crippen LogP contribution in [0.5, 0.6) is 5.88 Å². The molecule has 0 saturated heterocycles. The van der Waals surface area contributed by atoms with Crippen LogP contribution >= 0.6 is 0 Å². The minimum absolute atomic E-state index is 0.146. The molecule has 6 aromatic rings. The Hall–Kier alpha value is -5.30. The van der Waals surface area contributed by atoms with E-state index < -0.39 is 27.6 Å². The van der Waals surface area contributed by atoms with Crippen LogP contribution in [0.2, 0.25) is 0 Å². The highest BCUT2D eigenvalue weighted by atomic mass is 32.2. The van der Waals surface area contributed by atoms with E-state index in [1.165, 1.54) is 57.6 Å². The van der Waals surface area contributed by atoms with Gasteiger partial charge in [0.25, 0.3) is 5.91 Å². The number of aromatic amines is 1. The highest BCUT2D eigenvalue weighted by Gasteiger charge is 2.27. The number of carbonyl (C=O) groups is 1. The molecule has 6 rings (SSSR count). The summed E-state index contributed by atoms with van der Waals surface area (Å²) in [6, 6.07) is 16.5. The zero-order chi connectivity index (χ0) is 31.3. The standard InChI is InChI=1S/C31H25F2N5O5S/c1-34-30(39)28-21-12-19(25-14-20(31(42-3)37-36-25)24-13-18-22(33)6-5-7-23(18)35-24)26(38(2)44(4,40)41)15-27(21)43-29(28)16-8-10-17(32)11-9-16/h5-15,35H,1-4H3,(H,34,39). The first-order chi connectivity index (χ1) is 21.0. The van der Waals surface area contributed by atoms with Gasteiger partial charge in [0.15, 0.2) is 0 Å². The number of methoxy groups -OCH3 is 1. The number of carbonyl (C=O) groups excluding carboxylic acids is 1. The van der Waals surface area contributed by atoms with Crippen LogP contribution in [-0.2, 0) is 10.0 Å². The molecule has 224 valence electrons. The van der Waals surface area contributed by atoms with Crippen LogP contribution in [0.1, 0.15) is 10.4 Å². The van der Waals surface area contributed by atoms with Crippen LogP contribution in [0.4, 0.5) is 14.5 Å². The number of hydrogen-bond donors (Lipinski definition) is 2. The molecule has 0 aliphatic rings. The Morgan fingerprint density at radius 2 is 1.75 bits per heavy atom. The number of benzene rings is 3. The highest BCUT2D eigenvalue weighted by molar-refractivity contribution is 7.92. The van der Waals surface area contributed by atoms with Crippen molar-refractivity contribution >= 4 is 43.5 Å². The minimum atomic E-state index is -3.78. The smallest absolute Gasteiger partial charge is 0.255 e. The molecule has 44 heavy (non-hydrogen) atoms. The molecule has 13 heteroatoms. The van der Waals surface area contributed by atoms with Gasteiger partial charge < -0.3 is 19.5 Å². The monoisotopic (exact) mass is 617 g/mol. The normalized spacial score (nSPS) is 11.7. The molecule has 3 heterocycles. The molecule has 0 radical (unpaired) electrons. The number of amides is 1. The molecule has 0 fully saturated rings. The number of H-pyrrole nitrogens is 1. The lowest BCUT2D eigenvalue weighted by Gasteiger charge is -2.20. The SMILES string of the molecule is CNC(=O)c1c(-c2ccc(F)cc2)oc2cc(N(C)S(C)(=O)=O)c(-c3cc(-c4cc5c(F)cccc5[nH]4)c(OC)nn3)cc12. The molecule has 0 unspecified atom stereocenters. The van der Waals surface area contributed by atoms with Crippen LogP contribution in [0.3, 0.4) is 0 Å². The summed E-state index contributed by atoms with van der Waals surface area (Å²) in [6.07, 6.45) is 1.05. The van der Waals surface area contributed by atoms with Crippen molar-refractivity contribution in [1.29, 1.82) is 0 Å². The lowest BCUT2D eigenvalue weighted by molar-refractivity contribution is 0.0964. The predicted octanol–water partition coefficient (Wildman–Crippen LogP) is 5.75. The second-order valence-corrected chi connectivity index (χ2v) is 12.0. The Morgan fingerprint density at radius 1 is 1.00 bits per heavy atom. The molecule has 0 atom stereocenters. The van der Waals surface area contributed by atoms with Gasteiger partial charge in [-0.2, -0.15) is 0 Å².